The zero-order valence-electron chi connectivity index (χ0n) is 11.3. The first kappa shape index (κ1) is 15.7. The number of amides is 4. The fraction of sp³-hybridized carbons (Fsp3) is 0.462. The Morgan fingerprint density at radius 3 is 2.55 bits per heavy atom. The van der Waals surface area contributed by atoms with Crippen molar-refractivity contribution >= 4 is 30.0 Å². The maximum Gasteiger partial charge on any atom is 0.357 e. The lowest BCUT2D eigenvalue weighted by atomic mass is 10.2. The third-order valence-electron chi connectivity index (χ3n) is 2.56. The molecule has 1 heterocycles. The van der Waals surface area contributed by atoms with E-state index >= 15 is 0 Å². The van der Waals surface area contributed by atoms with E-state index in [1.165, 1.54) is 0 Å². The molecule has 0 saturated carbocycles. The van der Waals surface area contributed by atoms with Crippen molar-refractivity contribution in [1.82, 2.24) is 4.90 Å². The van der Waals surface area contributed by atoms with Gasteiger partial charge in [0.1, 0.15) is 0 Å². The molecule has 0 saturated heterocycles. The van der Waals surface area contributed by atoms with Gasteiger partial charge >= 0.3 is 12.0 Å². The molecule has 1 aliphatic heterocycles. The molecular formula is C13H16N2O5. The summed E-state index contributed by atoms with van der Waals surface area (Å²) < 4.78 is 4.88. The van der Waals surface area contributed by atoms with Crippen LogP contribution in [-0.2, 0) is 19.1 Å². The van der Waals surface area contributed by atoms with Gasteiger partial charge in [0.2, 0.25) is 5.91 Å². The molecule has 1 aliphatic rings. The molecule has 7 nitrogen and oxygen atoms in total. The summed E-state index contributed by atoms with van der Waals surface area (Å²) in [5.41, 5.74) is 0.339. The van der Waals surface area contributed by atoms with Crippen LogP contribution in [0.5, 0.6) is 0 Å². The maximum absolute atomic E-state index is 11.6. The highest BCUT2D eigenvalue weighted by atomic mass is 16.5. The average Bonchev–Trinajstić information content (AvgIpc) is 2.72. The van der Waals surface area contributed by atoms with Crippen LogP contribution in [0.3, 0.4) is 0 Å². The van der Waals surface area contributed by atoms with Crippen molar-refractivity contribution in [2.45, 2.75) is 32.6 Å². The summed E-state index contributed by atoms with van der Waals surface area (Å²) in [5.74, 6) is -1.70. The Morgan fingerprint density at radius 1 is 1.30 bits per heavy atom. The van der Waals surface area contributed by atoms with Crippen LogP contribution in [0.25, 0.3) is 0 Å². The van der Waals surface area contributed by atoms with E-state index in [0.29, 0.717) is 29.7 Å². The second-order valence-electron chi connectivity index (χ2n) is 4.34. The number of carbonyl (C=O) groups is 4. The number of aliphatic imine (C=N–C) groups is 1. The Hall–Kier alpha value is -2.31. The Kier molecular flexibility index (Phi) is 5.76. The van der Waals surface area contributed by atoms with Crippen molar-refractivity contribution in [3.05, 3.63) is 12.2 Å². The summed E-state index contributed by atoms with van der Waals surface area (Å²) in [7, 11) is 0. The minimum atomic E-state index is -0.838. The lowest BCUT2D eigenvalue weighted by Crippen LogP contribution is -2.36. The number of hydrogen-bond acceptors (Lipinski definition) is 5. The largest absolute Gasteiger partial charge is 0.462 e. The normalized spacial score (nSPS) is 13.8. The fourth-order valence-electron chi connectivity index (χ4n) is 1.50. The molecule has 4 amide bonds. The van der Waals surface area contributed by atoms with Crippen molar-refractivity contribution in [1.29, 1.82) is 0 Å². The SMILES string of the molecule is C=C(C)C(=O)OCCCCCC(=O)N1C(=O)C=NC1=O. The van der Waals surface area contributed by atoms with Gasteiger partial charge in [-0.2, -0.15) is 9.89 Å². The molecular weight excluding hydrogens is 264 g/mol. The number of carbonyl (C=O) groups excluding carboxylic acids is 4. The second-order valence-corrected chi connectivity index (χ2v) is 4.34. The molecule has 0 spiro atoms. The maximum atomic E-state index is 11.6. The number of ether oxygens (including phenoxy) is 1. The van der Waals surface area contributed by atoms with Crippen molar-refractivity contribution in [2.75, 3.05) is 6.61 Å². The van der Waals surface area contributed by atoms with Crippen molar-refractivity contribution in [3.63, 3.8) is 0 Å². The van der Waals surface area contributed by atoms with E-state index in [9.17, 15) is 19.2 Å². The predicted octanol–water partition coefficient (Wildman–Crippen LogP) is 1.23. The monoisotopic (exact) mass is 280 g/mol. The average molecular weight is 280 g/mol. The number of urea groups is 1. The van der Waals surface area contributed by atoms with E-state index < -0.39 is 23.8 Å². The summed E-state index contributed by atoms with van der Waals surface area (Å²) >= 11 is 0. The lowest BCUT2D eigenvalue weighted by molar-refractivity contribution is -0.139. The van der Waals surface area contributed by atoms with Gasteiger partial charge in [-0.05, 0) is 26.2 Å². The van der Waals surface area contributed by atoms with Crippen molar-refractivity contribution in [2.24, 2.45) is 4.99 Å². The standard InChI is InChI=1S/C13H16N2O5/c1-9(2)12(18)20-7-5-3-4-6-10(16)15-11(17)8-14-13(15)19/h8H,1,3-7H2,2H3. The van der Waals surface area contributed by atoms with Crippen LogP contribution in [0.15, 0.2) is 17.1 Å². The fourth-order valence-corrected chi connectivity index (χ4v) is 1.50. The van der Waals surface area contributed by atoms with Crippen LogP contribution in [0, 0.1) is 0 Å². The summed E-state index contributed by atoms with van der Waals surface area (Å²) in [6.45, 7) is 5.27. The van der Waals surface area contributed by atoms with Gasteiger partial charge < -0.3 is 4.74 Å². The van der Waals surface area contributed by atoms with Gasteiger partial charge in [-0.1, -0.05) is 6.58 Å². The molecule has 0 N–H and O–H groups in total. The van der Waals surface area contributed by atoms with Crippen LogP contribution in [0.1, 0.15) is 32.6 Å². The lowest BCUT2D eigenvalue weighted by Gasteiger charge is -2.09. The van der Waals surface area contributed by atoms with Crippen LogP contribution in [-0.4, -0.2) is 41.5 Å². The number of imide groups is 3. The molecule has 0 aromatic heterocycles. The second kappa shape index (κ2) is 7.32. The van der Waals surface area contributed by atoms with Crippen LogP contribution in [0.2, 0.25) is 0 Å². The molecule has 0 aliphatic carbocycles. The van der Waals surface area contributed by atoms with E-state index in [-0.39, 0.29) is 13.0 Å². The third-order valence-corrected chi connectivity index (χ3v) is 2.56. The van der Waals surface area contributed by atoms with Gasteiger partial charge in [-0.3, -0.25) is 9.59 Å². The molecule has 0 radical (unpaired) electrons. The zero-order valence-corrected chi connectivity index (χ0v) is 11.3. The Morgan fingerprint density at radius 2 is 2.00 bits per heavy atom. The first-order chi connectivity index (χ1) is 9.43. The summed E-state index contributed by atoms with van der Waals surface area (Å²) in [6.07, 6.45) is 2.66. The molecule has 20 heavy (non-hydrogen) atoms. The van der Waals surface area contributed by atoms with Crippen molar-refractivity contribution in [3.8, 4) is 0 Å². The number of esters is 1. The van der Waals surface area contributed by atoms with E-state index in [1.54, 1.807) is 6.92 Å². The Bertz CT molecular complexity index is 463. The smallest absolute Gasteiger partial charge is 0.357 e. The minimum absolute atomic E-state index is 0.0786. The Balaban J connectivity index is 2.14. The van der Waals surface area contributed by atoms with Gasteiger partial charge in [-0.15, -0.1) is 0 Å². The molecule has 7 heteroatoms. The first-order valence-corrected chi connectivity index (χ1v) is 6.21. The summed E-state index contributed by atoms with van der Waals surface area (Å²) in [6, 6.07) is -0.838. The van der Waals surface area contributed by atoms with Crippen LogP contribution in [0.4, 0.5) is 4.79 Å². The van der Waals surface area contributed by atoms with E-state index in [0.717, 1.165) is 6.21 Å². The predicted molar refractivity (Wildman–Crippen MR) is 70.0 cm³/mol. The number of hydrogen-bond donors (Lipinski definition) is 0. The van der Waals surface area contributed by atoms with Crippen molar-refractivity contribution < 1.29 is 23.9 Å². The molecule has 0 unspecified atom stereocenters. The highest BCUT2D eigenvalue weighted by molar-refractivity contribution is 6.40. The topological polar surface area (TPSA) is 93.1 Å². The number of unbranched alkanes of at least 4 members (excludes halogenated alkanes) is 2. The molecule has 0 atom stereocenters. The summed E-state index contributed by atoms with van der Waals surface area (Å²) in [4.78, 5) is 48.7. The number of rotatable bonds is 7. The molecule has 0 fully saturated rings. The minimum Gasteiger partial charge on any atom is -0.462 e. The quantitative estimate of drug-likeness (QED) is 0.397. The highest BCUT2D eigenvalue weighted by Gasteiger charge is 2.30. The molecule has 0 aromatic carbocycles. The zero-order chi connectivity index (χ0) is 15.1. The van der Waals surface area contributed by atoms with E-state index in [4.69, 9.17) is 4.74 Å². The molecule has 0 aromatic rings. The third kappa shape index (κ3) is 4.42. The molecule has 1 rings (SSSR count). The van der Waals surface area contributed by atoms with E-state index in [2.05, 4.69) is 11.6 Å². The van der Waals surface area contributed by atoms with E-state index in [1.807, 2.05) is 0 Å². The van der Waals surface area contributed by atoms with Crippen LogP contribution < -0.4 is 0 Å². The Labute approximate surface area is 116 Å². The van der Waals surface area contributed by atoms with Gasteiger partial charge in [0.05, 0.1) is 12.8 Å². The van der Waals surface area contributed by atoms with Crippen LogP contribution >= 0.6 is 0 Å². The number of nitrogens with zero attached hydrogens (tertiary/aromatic N) is 2. The van der Waals surface area contributed by atoms with Gasteiger partial charge in [-0.25, -0.2) is 9.59 Å². The molecule has 108 valence electrons. The summed E-state index contributed by atoms with van der Waals surface area (Å²) in [5, 5.41) is 0. The first-order valence-electron chi connectivity index (χ1n) is 6.21. The molecule has 0 bridgehead atoms. The van der Waals surface area contributed by atoms with Gasteiger partial charge in [0.25, 0.3) is 5.91 Å². The van der Waals surface area contributed by atoms with Gasteiger partial charge in [0, 0.05) is 12.0 Å². The highest BCUT2D eigenvalue weighted by Crippen LogP contribution is 2.08. The van der Waals surface area contributed by atoms with Gasteiger partial charge in [0.15, 0.2) is 0 Å².